The molecule has 2 aromatic heterocycles. The molecule has 1 aliphatic heterocycles. The fourth-order valence-corrected chi connectivity index (χ4v) is 5.60. The Labute approximate surface area is 170 Å². The van der Waals surface area contributed by atoms with E-state index in [0.29, 0.717) is 23.8 Å². The topological polar surface area (TPSA) is 32.3 Å². The third-order valence-electron chi connectivity index (χ3n) is 5.77. The zero-order valence-corrected chi connectivity index (χ0v) is 17.4. The Morgan fingerprint density at radius 3 is 2.81 bits per heavy atom. The van der Waals surface area contributed by atoms with E-state index in [1.54, 1.807) is 22.7 Å². The number of thiophene rings is 2. The molecule has 0 radical (unpaired) electrons. The molecule has 6 heteroatoms. The van der Waals surface area contributed by atoms with Gasteiger partial charge >= 0.3 is 0 Å². The molecule has 1 aliphatic carbocycles. The lowest BCUT2D eigenvalue weighted by Crippen LogP contribution is -2.39. The van der Waals surface area contributed by atoms with Crippen LogP contribution in [0.15, 0.2) is 34.3 Å². The normalized spacial score (nSPS) is 20.5. The predicted molar refractivity (Wildman–Crippen MR) is 112 cm³/mol. The Morgan fingerprint density at radius 1 is 1.27 bits per heavy atom. The number of halogens is 1. The van der Waals surface area contributed by atoms with Crippen LogP contribution in [0.4, 0.5) is 0 Å². The molecule has 1 spiro atoms. The lowest BCUT2D eigenvalue weighted by atomic mass is 9.93. The fraction of sp³-hybridized carbons (Fsp3) is 0.550. The average Bonchev–Trinajstić information content (AvgIpc) is 3.07. The number of piperidine rings is 1. The minimum absolute atomic E-state index is 0. The molecule has 3 heterocycles. The molecule has 0 aromatic carbocycles. The number of nitrogens with zero attached hydrogens (tertiary/aromatic N) is 1. The Morgan fingerprint density at radius 2 is 2.12 bits per heavy atom. The quantitative estimate of drug-likeness (QED) is 0.715. The second kappa shape index (κ2) is 8.87. The third-order valence-corrected chi connectivity index (χ3v) is 7.44. The second-order valence-corrected chi connectivity index (χ2v) is 9.23. The van der Waals surface area contributed by atoms with Crippen molar-refractivity contribution in [2.24, 2.45) is 5.41 Å². The zero-order chi connectivity index (χ0) is 17.1. The second-order valence-electron chi connectivity index (χ2n) is 7.42. The summed E-state index contributed by atoms with van der Waals surface area (Å²) in [5.41, 5.74) is 1.69. The van der Waals surface area contributed by atoms with Crippen molar-refractivity contribution in [1.29, 1.82) is 0 Å². The smallest absolute Gasteiger partial charge is 0.223 e. The van der Waals surface area contributed by atoms with Crippen LogP contribution in [0.5, 0.6) is 0 Å². The first-order valence-electron chi connectivity index (χ1n) is 9.30. The lowest BCUT2D eigenvalue weighted by Gasteiger charge is -2.29. The highest BCUT2D eigenvalue weighted by Gasteiger charge is 2.57. The highest BCUT2D eigenvalue weighted by molar-refractivity contribution is 7.09. The first-order chi connectivity index (χ1) is 12.3. The van der Waals surface area contributed by atoms with Gasteiger partial charge in [0.05, 0.1) is 0 Å². The molecule has 2 aromatic rings. The van der Waals surface area contributed by atoms with Gasteiger partial charge in [0, 0.05) is 23.9 Å². The molecule has 2 fully saturated rings. The van der Waals surface area contributed by atoms with Crippen LogP contribution in [0.1, 0.15) is 42.5 Å². The summed E-state index contributed by atoms with van der Waals surface area (Å²) in [4.78, 5) is 16.6. The largest absolute Gasteiger partial charge is 0.335 e. The number of nitrogens with one attached hydrogen (secondary N) is 1. The zero-order valence-electron chi connectivity index (χ0n) is 15.0. The summed E-state index contributed by atoms with van der Waals surface area (Å²) >= 11 is 3.51. The van der Waals surface area contributed by atoms with Gasteiger partial charge in [0.1, 0.15) is 0 Å². The number of aryl methyl sites for hydroxylation is 1. The van der Waals surface area contributed by atoms with Crippen molar-refractivity contribution in [2.75, 3.05) is 13.1 Å². The Kier molecular flexibility index (Phi) is 6.78. The Bertz CT molecular complexity index is 681. The molecular weight excluding hydrogens is 384 g/mol. The van der Waals surface area contributed by atoms with E-state index >= 15 is 0 Å². The van der Waals surface area contributed by atoms with Crippen molar-refractivity contribution in [1.82, 2.24) is 10.2 Å². The molecule has 1 saturated heterocycles. The van der Waals surface area contributed by atoms with Crippen LogP contribution in [0, 0.1) is 5.41 Å². The van der Waals surface area contributed by atoms with Gasteiger partial charge in [-0.2, -0.15) is 11.3 Å². The van der Waals surface area contributed by atoms with Crippen LogP contribution in [-0.2, 0) is 17.8 Å². The van der Waals surface area contributed by atoms with E-state index in [1.807, 2.05) is 0 Å². The van der Waals surface area contributed by atoms with Gasteiger partial charge in [0.2, 0.25) is 5.91 Å². The first kappa shape index (κ1) is 19.9. The highest BCUT2D eigenvalue weighted by Crippen LogP contribution is 2.56. The maximum atomic E-state index is 13.0. The van der Waals surface area contributed by atoms with E-state index in [9.17, 15) is 4.79 Å². The summed E-state index contributed by atoms with van der Waals surface area (Å²) in [7, 11) is 0. The number of carbonyl (C=O) groups is 1. The lowest BCUT2D eigenvalue weighted by molar-refractivity contribution is -0.133. The number of amides is 1. The molecule has 4 rings (SSSR count). The SMILES string of the molecule is Cl.O=C(CCCc1cccs1)N(Cc1ccsc1)C1CC12CCNCC2. The molecule has 1 amide bonds. The molecule has 0 bridgehead atoms. The van der Waals surface area contributed by atoms with E-state index in [4.69, 9.17) is 0 Å². The fourth-order valence-electron chi connectivity index (χ4n) is 4.19. The van der Waals surface area contributed by atoms with Crippen LogP contribution in [0.25, 0.3) is 0 Å². The minimum atomic E-state index is 0. The van der Waals surface area contributed by atoms with Gasteiger partial charge in [0.15, 0.2) is 0 Å². The predicted octanol–water partition coefficient (Wildman–Crippen LogP) is 4.73. The van der Waals surface area contributed by atoms with Gasteiger partial charge in [0.25, 0.3) is 0 Å². The van der Waals surface area contributed by atoms with Gasteiger partial charge in [-0.15, -0.1) is 23.7 Å². The first-order valence-corrected chi connectivity index (χ1v) is 11.1. The van der Waals surface area contributed by atoms with Crippen LogP contribution in [0.2, 0.25) is 0 Å². The highest BCUT2D eigenvalue weighted by atomic mass is 35.5. The van der Waals surface area contributed by atoms with Gasteiger partial charge in [-0.05, 0) is 84.4 Å². The van der Waals surface area contributed by atoms with Crippen molar-refractivity contribution in [2.45, 2.75) is 51.1 Å². The van der Waals surface area contributed by atoms with Crippen LogP contribution < -0.4 is 5.32 Å². The van der Waals surface area contributed by atoms with E-state index in [1.165, 1.54) is 29.7 Å². The Hall–Kier alpha value is -0.880. The molecule has 1 atom stereocenters. The molecule has 3 nitrogen and oxygen atoms in total. The molecule has 1 saturated carbocycles. The summed E-state index contributed by atoms with van der Waals surface area (Å²) in [6, 6.07) is 6.89. The van der Waals surface area contributed by atoms with Gasteiger partial charge in [-0.3, -0.25) is 4.79 Å². The number of carbonyl (C=O) groups excluding carboxylic acids is 1. The van der Waals surface area contributed by atoms with E-state index < -0.39 is 0 Å². The van der Waals surface area contributed by atoms with Crippen molar-refractivity contribution in [3.8, 4) is 0 Å². The molecule has 1 unspecified atom stereocenters. The molecule has 142 valence electrons. The summed E-state index contributed by atoms with van der Waals surface area (Å²) in [6.07, 6.45) is 6.30. The summed E-state index contributed by atoms with van der Waals surface area (Å²) < 4.78 is 0. The van der Waals surface area contributed by atoms with Crippen LogP contribution in [0.3, 0.4) is 0 Å². The average molecular weight is 411 g/mol. The van der Waals surface area contributed by atoms with Gasteiger partial charge < -0.3 is 10.2 Å². The van der Waals surface area contributed by atoms with Crippen molar-refractivity contribution in [3.63, 3.8) is 0 Å². The molecule has 26 heavy (non-hydrogen) atoms. The van der Waals surface area contributed by atoms with Crippen LogP contribution in [-0.4, -0.2) is 29.9 Å². The third kappa shape index (κ3) is 4.50. The van der Waals surface area contributed by atoms with E-state index in [-0.39, 0.29) is 12.4 Å². The molecule has 1 N–H and O–H groups in total. The van der Waals surface area contributed by atoms with Crippen LogP contribution >= 0.6 is 35.1 Å². The van der Waals surface area contributed by atoms with E-state index in [0.717, 1.165) is 32.5 Å². The summed E-state index contributed by atoms with van der Waals surface area (Å²) in [5, 5.41) is 9.88. The number of hydrogen-bond acceptors (Lipinski definition) is 4. The molecular formula is C20H27ClN2OS2. The van der Waals surface area contributed by atoms with Gasteiger partial charge in [-0.1, -0.05) is 6.07 Å². The summed E-state index contributed by atoms with van der Waals surface area (Å²) in [5.74, 6) is 0.350. The number of rotatable bonds is 7. The Balaban J connectivity index is 0.00000196. The summed E-state index contributed by atoms with van der Waals surface area (Å²) in [6.45, 7) is 3.01. The molecule has 2 aliphatic rings. The maximum absolute atomic E-state index is 13.0. The monoisotopic (exact) mass is 410 g/mol. The minimum Gasteiger partial charge on any atom is -0.335 e. The maximum Gasteiger partial charge on any atom is 0.223 e. The van der Waals surface area contributed by atoms with Crippen molar-refractivity contribution < 1.29 is 4.79 Å². The van der Waals surface area contributed by atoms with Gasteiger partial charge in [-0.25, -0.2) is 0 Å². The number of hydrogen-bond donors (Lipinski definition) is 1. The van der Waals surface area contributed by atoms with Crippen molar-refractivity contribution in [3.05, 3.63) is 44.8 Å². The standard InChI is InChI=1S/C20H26N2OS2.ClH/c23-19(5-1-3-17-4-2-11-25-17)22(14-16-6-12-24-15-16)18-13-20(18)7-9-21-10-8-20;/h2,4,6,11-12,15,18,21H,1,3,5,7-10,13-14H2;1H. The van der Waals surface area contributed by atoms with Crippen molar-refractivity contribution >= 4 is 41.0 Å². The van der Waals surface area contributed by atoms with E-state index in [2.05, 4.69) is 44.6 Å².